The Morgan fingerprint density at radius 1 is 1.26 bits per heavy atom. The van der Waals surface area contributed by atoms with Gasteiger partial charge >= 0.3 is 5.97 Å². The average Bonchev–Trinajstić information content (AvgIpc) is 2.93. The molecule has 0 amide bonds. The minimum absolute atomic E-state index is 0.204. The zero-order valence-corrected chi connectivity index (χ0v) is 10.3. The fraction of sp³-hybridized carbons (Fsp3) is 0.267. The maximum Gasteiger partial charge on any atom is 0.338 e. The summed E-state index contributed by atoms with van der Waals surface area (Å²) in [7, 11) is 0. The minimum Gasteiger partial charge on any atom is -0.452 e. The number of hydrogen-bond donors (Lipinski definition) is 0. The zero-order chi connectivity index (χ0) is 13.2. The molecule has 0 bridgehead atoms. The molecule has 19 heavy (non-hydrogen) atoms. The van der Waals surface area contributed by atoms with Gasteiger partial charge in [-0.05, 0) is 23.8 Å². The Morgan fingerprint density at radius 2 is 2.05 bits per heavy atom. The lowest BCUT2D eigenvalue weighted by Crippen LogP contribution is -2.40. The lowest BCUT2D eigenvalue weighted by Gasteiger charge is -2.28. The van der Waals surface area contributed by atoms with E-state index in [9.17, 15) is 4.79 Å². The normalized spacial score (nSPS) is 29.1. The lowest BCUT2D eigenvalue weighted by molar-refractivity contribution is -0.0166. The third-order valence-corrected chi connectivity index (χ3v) is 3.25. The Hall–Kier alpha value is -1.91. The molecular formula is C15H14O4. The Balaban J connectivity index is 1.75. The van der Waals surface area contributed by atoms with Crippen LogP contribution < -0.4 is 0 Å². The molecule has 0 saturated carbocycles. The molecule has 1 aliphatic heterocycles. The number of hydrogen-bond acceptors (Lipinski definition) is 4. The van der Waals surface area contributed by atoms with Gasteiger partial charge in [-0.3, -0.25) is 0 Å². The first-order valence-electron chi connectivity index (χ1n) is 6.12. The Labute approximate surface area is 111 Å². The molecule has 1 aromatic rings. The summed E-state index contributed by atoms with van der Waals surface area (Å²) in [6.07, 6.45) is 2.65. The topological polar surface area (TPSA) is 44.8 Å². The number of fused-ring (bicyclic) bond motifs is 1. The van der Waals surface area contributed by atoms with Gasteiger partial charge in [-0.1, -0.05) is 30.9 Å². The molecule has 1 aliphatic carbocycles. The fourth-order valence-electron chi connectivity index (χ4n) is 2.25. The van der Waals surface area contributed by atoms with Gasteiger partial charge in [0.05, 0.1) is 5.56 Å². The first-order chi connectivity index (χ1) is 9.25. The van der Waals surface area contributed by atoms with Crippen LogP contribution in [0.15, 0.2) is 54.6 Å². The standard InChI is InChI=1S/C15H14O4/c1-10-7-8-12(14-13(10)17-9-18-14)19-15(16)11-5-3-2-4-6-11/h2-8,12-14H,1,9H2. The molecule has 4 nitrogen and oxygen atoms in total. The van der Waals surface area contributed by atoms with E-state index in [0.717, 1.165) is 5.57 Å². The smallest absolute Gasteiger partial charge is 0.338 e. The first-order valence-corrected chi connectivity index (χ1v) is 6.12. The van der Waals surface area contributed by atoms with Crippen LogP contribution in [0.1, 0.15) is 10.4 Å². The molecule has 0 aromatic heterocycles. The molecule has 1 saturated heterocycles. The first kappa shape index (κ1) is 12.1. The van der Waals surface area contributed by atoms with Gasteiger partial charge in [0.15, 0.2) is 0 Å². The van der Waals surface area contributed by atoms with Gasteiger partial charge in [-0.15, -0.1) is 0 Å². The SMILES string of the molecule is C=C1C=CC(OC(=O)c2ccccc2)C2OCOC12. The summed E-state index contributed by atoms with van der Waals surface area (Å²) < 4.78 is 16.4. The van der Waals surface area contributed by atoms with Crippen molar-refractivity contribution in [3.05, 3.63) is 60.2 Å². The highest BCUT2D eigenvalue weighted by Gasteiger charge is 2.40. The Kier molecular flexibility index (Phi) is 3.19. The molecule has 3 unspecified atom stereocenters. The quantitative estimate of drug-likeness (QED) is 0.762. The van der Waals surface area contributed by atoms with Crippen molar-refractivity contribution in [2.45, 2.75) is 18.3 Å². The van der Waals surface area contributed by atoms with Gasteiger partial charge in [0, 0.05) is 0 Å². The molecule has 3 atom stereocenters. The van der Waals surface area contributed by atoms with Crippen LogP contribution in [0.5, 0.6) is 0 Å². The highest BCUT2D eigenvalue weighted by Crippen LogP contribution is 2.29. The van der Waals surface area contributed by atoms with E-state index in [4.69, 9.17) is 14.2 Å². The van der Waals surface area contributed by atoms with Crippen LogP contribution in [0, 0.1) is 0 Å². The second-order valence-electron chi connectivity index (χ2n) is 4.51. The van der Waals surface area contributed by atoms with E-state index in [0.29, 0.717) is 5.56 Å². The van der Waals surface area contributed by atoms with Crippen LogP contribution in [0.3, 0.4) is 0 Å². The van der Waals surface area contributed by atoms with Gasteiger partial charge in [0.25, 0.3) is 0 Å². The third kappa shape index (κ3) is 2.32. The largest absolute Gasteiger partial charge is 0.452 e. The fourth-order valence-corrected chi connectivity index (χ4v) is 2.25. The molecule has 0 radical (unpaired) electrons. The van der Waals surface area contributed by atoms with Gasteiger partial charge < -0.3 is 14.2 Å². The summed E-state index contributed by atoms with van der Waals surface area (Å²) in [4.78, 5) is 12.0. The molecule has 1 heterocycles. The van der Waals surface area contributed by atoms with E-state index in [1.54, 1.807) is 30.3 Å². The van der Waals surface area contributed by atoms with Gasteiger partial charge in [-0.25, -0.2) is 4.79 Å². The lowest BCUT2D eigenvalue weighted by atomic mass is 9.95. The van der Waals surface area contributed by atoms with Crippen LogP contribution in [0.25, 0.3) is 0 Å². The van der Waals surface area contributed by atoms with E-state index >= 15 is 0 Å². The number of esters is 1. The number of carbonyl (C=O) groups is 1. The van der Waals surface area contributed by atoms with Crippen molar-refractivity contribution < 1.29 is 19.0 Å². The molecule has 3 rings (SSSR count). The number of carbonyl (C=O) groups excluding carboxylic acids is 1. The van der Waals surface area contributed by atoms with E-state index in [1.807, 2.05) is 12.1 Å². The molecule has 0 N–H and O–H groups in total. The van der Waals surface area contributed by atoms with E-state index < -0.39 is 6.10 Å². The van der Waals surface area contributed by atoms with Crippen LogP contribution >= 0.6 is 0 Å². The molecule has 2 aliphatic rings. The number of rotatable bonds is 2. The van der Waals surface area contributed by atoms with Crippen molar-refractivity contribution in [2.75, 3.05) is 6.79 Å². The summed E-state index contributed by atoms with van der Waals surface area (Å²) in [5, 5.41) is 0. The van der Waals surface area contributed by atoms with Crippen molar-refractivity contribution in [2.24, 2.45) is 0 Å². The molecule has 1 fully saturated rings. The Bertz CT molecular complexity index is 520. The Morgan fingerprint density at radius 3 is 2.84 bits per heavy atom. The maximum absolute atomic E-state index is 12.0. The molecule has 98 valence electrons. The van der Waals surface area contributed by atoms with Crippen molar-refractivity contribution in [1.82, 2.24) is 0 Å². The van der Waals surface area contributed by atoms with E-state index in [2.05, 4.69) is 6.58 Å². The van der Waals surface area contributed by atoms with Crippen molar-refractivity contribution in [3.8, 4) is 0 Å². The molecule has 4 heteroatoms. The predicted molar refractivity (Wildman–Crippen MR) is 68.5 cm³/mol. The third-order valence-electron chi connectivity index (χ3n) is 3.25. The van der Waals surface area contributed by atoms with Gasteiger partial charge in [0.2, 0.25) is 0 Å². The summed E-state index contributed by atoms with van der Waals surface area (Å²) in [5.41, 5.74) is 1.37. The van der Waals surface area contributed by atoms with Crippen LogP contribution in [-0.2, 0) is 14.2 Å². The van der Waals surface area contributed by atoms with Crippen LogP contribution in [-0.4, -0.2) is 31.1 Å². The van der Waals surface area contributed by atoms with Crippen molar-refractivity contribution >= 4 is 5.97 Å². The maximum atomic E-state index is 12.0. The highest BCUT2D eigenvalue weighted by molar-refractivity contribution is 5.89. The molecule has 0 spiro atoms. The average molecular weight is 258 g/mol. The zero-order valence-electron chi connectivity index (χ0n) is 10.3. The van der Waals surface area contributed by atoms with Gasteiger partial charge in [-0.2, -0.15) is 0 Å². The summed E-state index contributed by atoms with van der Waals surface area (Å²) in [6.45, 7) is 4.10. The van der Waals surface area contributed by atoms with E-state index in [1.165, 1.54) is 0 Å². The molecule has 1 aromatic carbocycles. The summed E-state index contributed by atoms with van der Waals surface area (Å²) in [6, 6.07) is 8.89. The summed E-state index contributed by atoms with van der Waals surface area (Å²) >= 11 is 0. The van der Waals surface area contributed by atoms with Gasteiger partial charge in [0.1, 0.15) is 25.1 Å². The number of benzene rings is 1. The molecular weight excluding hydrogens is 244 g/mol. The number of ether oxygens (including phenoxy) is 3. The minimum atomic E-state index is -0.439. The van der Waals surface area contributed by atoms with E-state index in [-0.39, 0.29) is 25.0 Å². The monoisotopic (exact) mass is 258 g/mol. The van der Waals surface area contributed by atoms with Crippen LogP contribution in [0.2, 0.25) is 0 Å². The second kappa shape index (κ2) is 4.99. The second-order valence-corrected chi connectivity index (χ2v) is 4.51. The highest BCUT2D eigenvalue weighted by atomic mass is 16.7. The predicted octanol–water partition coefficient (Wildman–Crippen LogP) is 2.08. The van der Waals surface area contributed by atoms with Crippen molar-refractivity contribution in [3.63, 3.8) is 0 Å². The van der Waals surface area contributed by atoms with Crippen molar-refractivity contribution in [1.29, 1.82) is 0 Å². The summed E-state index contributed by atoms with van der Waals surface area (Å²) in [5.74, 6) is -0.364. The van der Waals surface area contributed by atoms with Crippen LogP contribution in [0.4, 0.5) is 0 Å².